The number of alkyl halides is 3. The van der Waals surface area contributed by atoms with Gasteiger partial charge >= 0.3 is 12.1 Å². The van der Waals surface area contributed by atoms with E-state index in [9.17, 15) is 22.8 Å². The predicted octanol–water partition coefficient (Wildman–Crippen LogP) is 5.09. The molecule has 1 amide bonds. The molecule has 7 heteroatoms. The van der Waals surface area contributed by atoms with Gasteiger partial charge in [-0.3, -0.25) is 4.79 Å². The Morgan fingerprint density at radius 1 is 0.833 bits per heavy atom. The van der Waals surface area contributed by atoms with E-state index < -0.39 is 30.2 Å². The summed E-state index contributed by atoms with van der Waals surface area (Å²) in [5.41, 5.74) is 1.49. The van der Waals surface area contributed by atoms with Gasteiger partial charge in [0.25, 0.3) is 5.91 Å². The van der Waals surface area contributed by atoms with Crippen LogP contribution >= 0.6 is 0 Å². The van der Waals surface area contributed by atoms with Crippen molar-refractivity contribution in [1.29, 1.82) is 0 Å². The number of carbonyl (C=O) groups excluding carboxylic acids is 2. The molecule has 0 aliphatic heterocycles. The standard InChI is InChI=1S/C23H18F3NO3/c24-23(25,26)18-10-12-19(13-11-18)27-21(28)15-30-22(29)20-9-5-4-8-17(20)14-16-6-2-1-3-7-16/h1-13H,14-15H2,(H,27,28). The second-order valence-electron chi connectivity index (χ2n) is 6.52. The van der Waals surface area contributed by atoms with Gasteiger partial charge < -0.3 is 10.1 Å². The number of hydrogen-bond acceptors (Lipinski definition) is 3. The van der Waals surface area contributed by atoms with E-state index in [2.05, 4.69) is 5.32 Å². The molecule has 0 atom stereocenters. The Kier molecular flexibility index (Phi) is 6.51. The second-order valence-corrected chi connectivity index (χ2v) is 6.52. The Hall–Kier alpha value is -3.61. The number of anilines is 1. The Bertz CT molecular complexity index is 1020. The molecule has 3 aromatic carbocycles. The van der Waals surface area contributed by atoms with Gasteiger partial charge in [0.15, 0.2) is 6.61 Å². The normalized spacial score (nSPS) is 11.0. The fourth-order valence-electron chi connectivity index (χ4n) is 2.84. The Labute approximate surface area is 171 Å². The molecule has 30 heavy (non-hydrogen) atoms. The van der Waals surface area contributed by atoms with Gasteiger partial charge in [-0.05, 0) is 47.9 Å². The average Bonchev–Trinajstić information content (AvgIpc) is 2.73. The third-order valence-corrected chi connectivity index (χ3v) is 4.31. The lowest BCUT2D eigenvalue weighted by Gasteiger charge is -2.11. The van der Waals surface area contributed by atoms with Crippen LogP contribution in [0.15, 0.2) is 78.9 Å². The van der Waals surface area contributed by atoms with Crippen LogP contribution in [-0.4, -0.2) is 18.5 Å². The van der Waals surface area contributed by atoms with E-state index in [1.807, 2.05) is 42.5 Å². The highest BCUT2D eigenvalue weighted by molar-refractivity contribution is 5.96. The first-order valence-electron chi connectivity index (χ1n) is 9.09. The third-order valence-electron chi connectivity index (χ3n) is 4.31. The van der Waals surface area contributed by atoms with E-state index in [-0.39, 0.29) is 5.69 Å². The van der Waals surface area contributed by atoms with Crippen LogP contribution in [0.4, 0.5) is 18.9 Å². The highest BCUT2D eigenvalue weighted by atomic mass is 19.4. The SMILES string of the molecule is O=C(COC(=O)c1ccccc1Cc1ccccc1)Nc1ccc(C(F)(F)F)cc1. The molecule has 0 saturated heterocycles. The molecular weight excluding hydrogens is 395 g/mol. The van der Waals surface area contributed by atoms with Gasteiger partial charge in [-0.1, -0.05) is 48.5 Å². The van der Waals surface area contributed by atoms with Gasteiger partial charge in [-0.2, -0.15) is 13.2 Å². The van der Waals surface area contributed by atoms with Gasteiger partial charge in [-0.25, -0.2) is 4.79 Å². The number of rotatable bonds is 6. The van der Waals surface area contributed by atoms with Gasteiger partial charge in [0.05, 0.1) is 11.1 Å². The number of amides is 1. The summed E-state index contributed by atoms with van der Waals surface area (Å²) in [6.45, 7) is -0.556. The molecule has 0 heterocycles. The van der Waals surface area contributed by atoms with Crippen LogP contribution in [0.2, 0.25) is 0 Å². The molecule has 0 spiro atoms. The zero-order chi connectivity index (χ0) is 21.6. The monoisotopic (exact) mass is 413 g/mol. The Morgan fingerprint density at radius 2 is 1.47 bits per heavy atom. The van der Waals surface area contributed by atoms with Crippen LogP contribution in [0, 0.1) is 0 Å². The molecule has 0 unspecified atom stereocenters. The Balaban J connectivity index is 1.58. The van der Waals surface area contributed by atoms with Crippen LogP contribution in [-0.2, 0) is 22.1 Å². The van der Waals surface area contributed by atoms with Crippen molar-refractivity contribution in [2.45, 2.75) is 12.6 Å². The molecule has 0 radical (unpaired) electrons. The average molecular weight is 413 g/mol. The molecule has 3 aromatic rings. The zero-order valence-electron chi connectivity index (χ0n) is 15.8. The number of carbonyl (C=O) groups is 2. The first-order valence-corrected chi connectivity index (χ1v) is 9.09. The van der Waals surface area contributed by atoms with Gasteiger partial charge in [0, 0.05) is 5.69 Å². The summed E-state index contributed by atoms with van der Waals surface area (Å²) < 4.78 is 42.8. The topological polar surface area (TPSA) is 55.4 Å². The number of ether oxygens (including phenoxy) is 1. The maximum atomic E-state index is 12.6. The molecule has 0 aliphatic carbocycles. The van der Waals surface area contributed by atoms with Crippen molar-refractivity contribution >= 4 is 17.6 Å². The second kappa shape index (κ2) is 9.26. The molecule has 1 N–H and O–H groups in total. The van der Waals surface area contributed by atoms with Crippen molar-refractivity contribution in [2.24, 2.45) is 0 Å². The highest BCUT2D eigenvalue weighted by Crippen LogP contribution is 2.29. The molecule has 154 valence electrons. The minimum Gasteiger partial charge on any atom is -0.452 e. The first kappa shape index (κ1) is 21.1. The highest BCUT2D eigenvalue weighted by Gasteiger charge is 2.30. The van der Waals surface area contributed by atoms with Gasteiger partial charge in [-0.15, -0.1) is 0 Å². The van der Waals surface area contributed by atoms with Crippen LogP contribution in [0.1, 0.15) is 27.0 Å². The van der Waals surface area contributed by atoms with Crippen LogP contribution < -0.4 is 5.32 Å². The fraction of sp³-hybridized carbons (Fsp3) is 0.130. The molecular formula is C23H18F3NO3. The molecule has 3 rings (SSSR count). The van der Waals surface area contributed by atoms with E-state index >= 15 is 0 Å². The molecule has 0 aromatic heterocycles. The van der Waals surface area contributed by atoms with Crippen LogP contribution in [0.25, 0.3) is 0 Å². The first-order chi connectivity index (χ1) is 14.3. The summed E-state index contributed by atoms with van der Waals surface area (Å²) in [6, 6.07) is 20.5. The maximum absolute atomic E-state index is 12.6. The van der Waals surface area contributed by atoms with E-state index in [0.717, 1.165) is 35.4 Å². The van der Waals surface area contributed by atoms with E-state index in [1.54, 1.807) is 12.1 Å². The summed E-state index contributed by atoms with van der Waals surface area (Å²) in [4.78, 5) is 24.4. The fourth-order valence-corrected chi connectivity index (χ4v) is 2.84. The molecule has 0 aliphatic rings. The van der Waals surface area contributed by atoms with E-state index in [4.69, 9.17) is 4.74 Å². The van der Waals surface area contributed by atoms with Crippen molar-refractivity contribution < 1.29 is 27.5 Å². The minimum absolute atomic E-state index is 0.175. The quantitative estimate of drug-likeness (QED) is 0.573. The lowest BCUT2D eigenvalue weighted by Crippen LogP contribution is -2.21. The number of nitrogens with one attached hydrogen (secondary N) is 1. The third kappa shape index (κ3) is 5.70. The van der Waals surface area contributed by atoms with E-state index in [0.29, 0.717) is 12.0 Å². The number of benzene rings is 3. The summed E-state index contributed by atoms with van der Waals surface area (Å²) >= 11 is 0. The molecule has 0 bridgehead atoms. The van der Waals surface area contributed by atoms with E-state index in [1.165, 1.54) is 0 Å². The zero-order valence-corrected chi connectivity index (χ0v) is 15.8. The van der Waals surface area contributed by atoms with Crippen LogP contribution in [0.5, 0.6) is 0 Å². The number of halogens is 3. The smallest absolute Gasteiger partial charge is 0.416 e. The maximum Gasteiger partial charge on any atom is 0.416 e. The summed E-state index contributed by atoms with van der Waals surface area (Å²) in [7, 11) is 0. The van der Waals surface area contributed by atoms with Gasteiger partial charge in [0.1, 0.15) is 0 Å². The van der Waals surface area contributed by atoms with Crippen molar-refractivity contribution in [3.63, 3.8) is 0 Å². The summed E-state index contributed by atoms with van der Waals surface area (Å²) in [5.74, 6) is -1.30. The number of esters is 1. The van der Waals surface area contributed by atoms with Crippen LogP contribution in [0.3, 0.4) is 0 Å². The largest absolute Gasteiger partial charge is 0.452 e. The summed E-state index contributed by atoms with van der Waals surface area (Å²) in [5, 5.41) is 2.40. The van der Waals surface area contributed by atoms with Gasteiger partial charge in [0.2, 0.25) is 0 Å². The van der Waals surface area contributed by atoms with Crippen molar-refractivity contribution in [2.75, 3.05) is 11.9 Å². The minimum atomic E-state index is -4.45. The summed E-state index contributed by atoms with van der Waals surface area (Å²) in [6.07, 6.45) is -3.92. The predicted molar refractivity (Wildman–Crippen MR) is 106 cm³/mol. The van der Waals surface area contributed by atoms with Crippen molar-refractivity contribution in [3.8, 4) is 0 Å². The lowest BCUT2D eigenvalue weighted by molar-refractivity contribution is -0.137. The Morgan fingerprint density at radius 3 is 2.13 bits per heavy atom. The lowest BCUT2D eigenvalue weighted by atomic mass is 10.00. The molecule has 4 nitrogen and oxygen atoms in total. The molecule has 0 saturated carbocycles. The number of hydrogen-bond donors (Lipinski definition) is 1. The van der Waals surface area contributed by atoms with Crippen molar-refractivity contribution in [1.82, 2.24) is 0 Å². The molecule has 0 fully saturated rings. The van der Waals surface area contributed by atoms with Crippen molar-refractivity contribution in [3.05, 3.63) is 101 Å².